The smallest absolute Gasteiger partial charge is 0.124 e. The van der Waals surface area contributed by atoms with E-state index in [4.69, 9.17) is 5.73 Å². The van der Waals surface area contributed by atoms with Crippen LogP contribution in [0.3, 0.4) is 0 Å². The van der Waals surface area contributed by atoms with E-state index in [9.17, 15) is 4.39 Å². The Morgan fingerprint density at radius 1 is 1.00 bits per heavy atom. The molecule has 19 heavy (non-hydrogen) atoms. The average Bonchev–Trinajstić information content (AvgIpc) is 2.31. The quantitative estimate of drug-likeness (QED) is 0.668. The van der Waals surface area contributed by atoms with Crippen molar-refractivity contribution in [3.63, 3.8) is 0 Å². The van der Waals surface area contributed by atoms with E-state index < -0.39 is 0 Å². The van der Waals surface area contributed by atoms with Gasteiger partial charge >= 0.3 is 0 Å². The highest BCUT2D eigenvalue weighted by molar-refractivity contribution is 9.11. The number of hydrogen-bond donors (Lipinski definition) is 1. The summed E-state index contributed by atoms with van der Waals surface area (Å²) in [5.41, 5.74) is 8.23. The fraction of sp³-hybridized carbons (Fsp3) is 0.143. The Kier molecular flexibility index (Phi) is 5.17. The lowest BCUT2D eigenvalue weighted by atomic mass is 10.00. The second-order valence-electron chi connectivity index (χ2n) is 4.25. The van der Waals surface area contributed by atoms with Gasteiger partial charge in [-0.2, -0.15) is 0 Å². The first-order valence-electron chi connectivity index (χ1n) is 5.61. The summed E-state index contributed by atoms with van der Waals surface area (Å²) < 4.78 is 15.7. The molecule has 1 atom stereocenters. The summed E-state index contributed by atoms with van der Waals surface area (Å²) in [5, 5.41) is 0. The van der Waals surface area contributed by atoms with Gasteiger partial charge in [0.25, 0.3) is 0 Å². The zero-order valence-electron chi connectivity index (χ0n) is 9.84. The van der Waals surface area contributed by atoms with Gasteiger partial charge in [-0.15, -0.1) is 0 Å². The highest BCUT2D eigenvalue weighted by atomic mass is 79.9. The molecule has 0 radical (unpaired) electrons. The van der Waals surface area contributed by atoms with Crippen molar-refractivity contribution in [3.05, 3.63) is 66.8 Å². The van der Waals surface area contributed by atoms with Crippen molar-refractivity contribution in [2.75, 3.05) is 0 Å². The lowest BCUT2D eigenvalue weighted by Gasteiger charge is -2.14. The van der Waals surface area contributed by atoms with Crippen LogP contribution in [-0.2, 0) is 6.42 Å². The molecule has 0 spiro atoms. The van der Waals surface area contributed by atoms with Crippen LogP contribution in [0.5, 0.6) is 0 Å². The molecular weight excluding hydrogens is 441 g/mol. The Hall–Kier alpha value is -0.230. The molecular formula is C14H11Br3FN. The van der Waals surface area contributed by atoms with Crippen LogP contribution in [-0.4, -0.2) is 0 Å². The number of benzene rings is 2. The Morgan fingerprint density at radius 3 is 2.21 bits per heavy atom. The lowest BCUT2D eigenvalue weighted by Crippen LogP contribution is -2.13. The Balaban J connectivity index is 2.22. The van der Waals surface area contributed by atoms with Gasteiger partial charge < -0.3 is 5.73 Å². The van der Waals surface area contributed by atoms with Crippen LogP contribution in [0.2, 0.25) is 0 Å². The van der Waals surface area contributed by atoms with Gasteiger partial charge in [0.2, 0.25) is 0 Å². The van der Waals surface area contributed by atoms with Gasteiger partial charge in [0, 0.05) is 19.5 Å². The van der Waals surface area contributed by atoms with E-state index in [0.717, 1.165) is 24.5 Å². The molecule has 0 aromatic heterocycles. The first-order valence-corrected chi connectivity index (χ1v) is 7.99. The van der Waals surface area contributed by atoms with Crippen LogP contribution in [0, 0.1) is 5.82 Å². The van der Waals surface area contributed by atoms with Crippen LogP contribution < -0.4 is 5.73 Å². The predicted molar refractivity (Wildman–Crippen MR) is 86.6 cm³/mol. The SMILES string of the molecule is NC(Cc1ccc(F)cc1Br)c1cc(Br)cc(Br)c1. The Bertz CT molecular complexity index is 581. The minimum atomic E-state index is -0.255. The first kappa shape index (κ1) is 15.2. The molecule has 0 aliphatic carbocycles. The van der Waals surface area contributed by atoms with Gasteiger partial charge in [0.1, 0.15) is 5.82 Å². The van der Waals surface area contributed by atoms with Crippen molar-refractivity contribution in [2.24, 2.45) is 5.73 Å². The molecule has 1 nitrogen and oxygen atoms in total. The minimum absolute atomic E-state index is 0.143. The minimum Gasteiger partial charge on any atom is -0.324 e. The van der Waals surface area contributed by atoms with E-state index in [2.05, 4.69) is 47.8 Å². The van der Waals surface area contributed by atoms with Crippen molar-refractivity contribution in [1.29, 1.82) is 0 Å². The van der Waals surface area contributed by atoms with Crippen LogP contribution in [0.15, 0.2) is 49.8 Å². The van der Waals surface area contributed by atoms with E-state index in [-0.39, 0.29) is 11.9 Å². The zero-order chi connectivity index (χ0) is 14.0. The lowest BCUT2D eigenvalue weighted by molar-refractivity contribution is 0.624. The molecule has 2 rings (SSSR count). The third-order valence-corrected chi connectivity index (χ3v) is 4.42. The van der Waals surface area contributed by atoms with Crippen molar-refractivity contribution >= 4 is 47.8 Å². The van der Waals surface area contributed by atoms with E-state index in [1.54, 1.807) is 6.07 Å². The third kappa shape index (κ3) is 4.12. The van der Waals surface area contributed by atoms with Crippen molar-refractivity contribution in [3.8, 4) is 0 Å². The van der Waals surface area contributed by atoms with Gasteiger partial charge in [-0.3, -0.25) is 0 Å². The molecule has 2 N–H and O–H groups in total. The van der Waals surface area contributed by atoms with E-state index in [1.807, 2.05) is 18.2 Å². The summed E-state index contributed by atoms with van der Waals surface area (Å²) in [7, 11) is 0. The summed E-state index contributed by atoms with van der Waals surface area (Å²) in [6, 6.07) is 10.5. The van der Waals surface area contributed by atoms with Crippen LogP contribution in [0.1, 0.15) is 17.2 Å². The molecule has 0 amide bonds. The van der Waals surface area contributed by atoms with E-state index in [1.165, 1.54) is 12.1 Å². The Morgan fingerprint density at radius 2 is 1.63 bits per heavy atom. The van der Waals surface area contributed by atoms with Crippen molar-refractivity contribution in [1.82, 2.24) is 0 Å². The topological polar surface area (TPSA) is 26.0 Å². The molecule has 100 valence electrons. The molecule has 0 saturated heterocycles. The van der Waals surface area contributed by atoms with Crippen LogP contribution in [0.25, 0.3) is 0 Å². The maximum absolute atomic E-state index is 13.0. The number of rotatable bonds is 3. The standard InChI is InChI=1S/C14H11Br3FN/c15-10-3-9(4-11(16)6-10)14(19)5-8-1-2-12(18)7-13(8)17/h1-4,6-7,14H,5,19H2. The number of halogens is 4. The third-order valence-electron chi connectivity index (χ3n) is 2.77. The molecule has 2 aromatic rings. The van der Waals surface area contributed by atoms with Crippen molar-refractivity contribution in [2.45, 2.75) is 12.5 Å². The molecule has 5 heteroatoms. The highest BCUT2D eigenvalue weighted by Crippen LogP contribution is 2.27. The first-order chi connectivity index (χ1) is 8.95. The monoisotopic (exact) mass is 449 g/mol. The summed E-state index contributed by atoms with van der Waals surface area (Å²) in [6.45, 7) is 0. The maximum atomic E-state index is 13.0. The van der Waals surface area contributed by atoms with Crippen molar-refractivity contribution < 1.29 is 4.39 Å². The average molecular weight is 452 g/mol. The Labute approximate surface area is 136 Å². The fourth-order valence-electron chi connectivity index (χ4n) is 1.83. The summed E-state index contributed by atoms with van der Waals surface area (Å²) in [5.74, 6) is -0.255. The van der Waals surface area contributed by atoms with E-state index >= 15 is 0 Å². The highest BCUT2D eigenvalue weighted by Gasteiger charge is 2.11. The van der Waals surface area contributed by atoms with Gasteiger partial charge in [-0.1, -0.05) is 53.9 Å². The van der Waals surface area contributed by atoms with Gasteiger partial charge in [-0.05, 0) is 47.9 Å². The fourth-order valence-corrected chi connectivity index (χ4v) is 3.67. The zero-order valence-corrected chi connectivity index (χ0v) is 14.6. The largest absolute Gasteiger partial charge is 0.324 e. The van der Waals surface area contributed by atoms with Crippen LogP contribution in [0.4, 0.5) is 4.39 Å². The molecule has 0 bridgehead atoms. The molecule has 0 aliphatic heterocycles. The maximum Gasteiger partial charge on any atom is 0.124 e. The number of hydrogen-bond acceptors (Lipinski definition) is 1. The molecule has 0 heterocycles. The number of nitrogens with two attached hydrogens (primary N) is 1. The van der Waals surface area contributed by atoms with Crippen LogP contribution >= 0.6 is 47.8 Å². The molecule has 2 aromatic carbocycles. The molecule has 0 saturated carbocycles. The van der Waals surface area contributed by atoms with Gasteiger partial charge in [0.15, 0.2) is 0 Å². The van der Waals surface area contributed by atoms with Gasteiger partial charge in [-0.25, -0.2) is 4.39 Å². The summed E-state index contributed by atoms with van der Waals surface area (Å²) in [6.07, 6.45) is 0.643. The second kappa shape index (κ2) is 6.48. The predicted octanol–water partition coefficient (Wildman–Crippen LogP) is 5.36. The summed E-state index contributed by atoms with van der Waals surface area (Å²) in [4.78, 5) is 0. The molecule has 0 fully saturated rings. The summed E-state index contributed by atoms with van der Waals surface area (Å²) >= 11 is 10.3. The van der Waals surface area contributed by atoms with Gasteiger partial charge in [0.05, 0.1) is 0 Å². The molecule has 1 unspecified atom stereocenters. The second-order valence-corrected chi connectivity index (χ2v) is 6.93. The molecule has 0 aliphatic rings. The van der Waals surface area contributed by atoms with E-state index in [0.29, 0.717) is 6.42 Å². The normalized spacial score (nSPS) is 12.5.